The standard InChI is InChI=1S/C34H53O3P/c1-13-16-17-23(14-2)22-35-38-36-30-26(18-24(15-3)19-28(30)33(7,8)9)27-20-25(32(4,5)6)21-29(31(27)37-38)34(10,11)12/h18-21,23H,13-17,22H2,1-12H3. The number of fused-ring (bicyclic) bond motifs is 3. The normalized spacial score (nSPS) is 14.4. The van der Waals surface area contributed by atoms with Gasteiger partial charge in [0, 0.05) is 21.9 Å². The molecular formula is C34H53O3P. The first-order valence-electron chi connectivity index (χ1n) is 14.8. The molecule has 3 aromatic rings. The second-order valence-corrected chi connectivity index (χ2v) is 15.2. The first kappa shape index (κ1) is 30.8. The zero-order valence-electron chi connectivity index (χ0n) is 26.3. The topological polar surface area (TPSA) is 35.5 Å². The van der Waals surface area contributed by atoms with Gasteiger partial charge >= 0.3 is 8.24 Å². The number of benzene rings is 2. The average Bonchev–Trinajstić information content (AvgIpc) is 2.97. The number of aryl methyl sites for hydroxylation is 1. The average molecular weight is 541 g/mol. The van der Waals surface area contributed by atoms with Gasteiger partial charge in [-0.05, 0) is 58.3 Å². The minimum absolute atomic E-state index is 0.00639. The van der Waals surface area contributed by atoms with Gasteiger partial charge < -0.3 is 8.39 Å². The van der Waals surface area contributed by atoms with E-state index in [-0.39, 0.29) is 16.2 Å². The lowest BCUT2D eigenvalue weighted by Gasteiger charge is -2.26. The first-order valence-corrected chi connectivity index (χ1v) is 15.8. The van der Waals surface area contributed by atoms with Crippen molar-refractivity contribution in [2.45, 2.75) is 131 Å². The van der Waals surface area contributed by atoms with Gasteiger partial charge in [0.05, 0.1) is 6.61 Å². The van der Waals surface area contributed by atoms with Gasteiger partial charge in [-0.15, -0.1) is 0 Å². The highest BCUT2D eigenvalue weighted by atomic mass is 31.1. The van der Waals surface area contributed by atoms with Crippen LogP contribution in [0, 0.1) is 5.92 Å². The van der Waals surface area contributed by atoms with Crippen LogP contribution >= 0.6 is 8.24 Å². The van der Waals surface area contributed by atoms with Gasteiger partial charge in [-0.1, -0.05) is 114 Å². The van der Waals surface area contributed by atoms with Crippen LogP contribution in [0.2, 0.25) is 0 Å². The van der Waals surface area contributed by atoms with Crippen LogP contribution in [0.3, 0.4) is 0 Å². The summed E-state index contributed by atoms with van der Waals surface area (Å²) in [6, 6.07) is 9.33. The smallest absolute Gasteiger partial charge is 0.387 e. The Morgan fingerprint density at radius 2 is 1.29 bits per heavy atom. The molecule has 1 heterocycles. The summed E-state index contributed by atoms with van der Waals surface area (Å²) in [6.45, 7) is 27.9. The molecule has 0 aliphatic rings. The lowest BCUT2D eigenvalue weighted by Crippen LogP contribution is -2.16. The van der Waals surface area contributed by atoms with Crippen LogP contribution in [0.1, 0.15) is 131 Å². The SMILES string of the molecule is CCCCC(CC)COp1oc2c(C(C)(C)C)cc(CC)cc2c2cc(C(C)(C)C)cc(C(C)(C)C)c2o1. The largest absolute Gasteiger partial charge is 0.399 e. The molecule has 0 saturated carbocycles. The molecule has 38 heavy (non-hydrogen) atoms. The summed E-state index contributed by atoms with van der Waals surface area (Å²) < 4.78 is 20.2. The van der Waals surface area contributed by atoms with E-state index in [9.17, 15) is 0 Å². The summed E-state index contributed by atoms with van der Waals surface area (Å²) in [5.74, 6) is 0.516. The van der Waals surface area contributed by atoms with Crippen LogP contribution in [0.25, 0.3) is 21.9 Å². The van der Waals surface area contributed by atoms with E-state index in [0.717, 1.165) is 34.8 Å². The van der Waals surface area contributed by atoms with E-state index in [1.54, 1.807) is 0 Å². The third kappa shape index (κ3) is 7.08. The molecule has 0 fully saturated rings. The maximum atomic E-state index is 6.83. The van der Waals surface area contributed by atoms with Crippen molar-refractivity contribution in [1.29, 1.82) is 0 Å². The fourth-order valence-corrected chi connectivity index (χ4v) is 6.12. The van der Waals surface area contributed by atoms with Gasteiger partial charge in [-0.2, -0.15) is 0 Å². The summed E-state index contributed by atoms with van der Waals surface area (Å²) in [5.41, 5.74) is 6.73. The van der Waals surface area contributed by atoms with Gasteiger partial charge in [0.25, 0.3) is 0 Å². The van der Waals surface area contributed by atoms with Gasteiger partial charge in [-0.25, -0.2) is 0 Å². The molecule has 2 unspecified atom stereocenters. The molecule has 3 rings (SSSR count). The zero-order chi connectivity index (χ0) is 28.5. The minimum Gasteiger partial charge on any atom is -0.399 e. The molecule has 0 amide bonds. The number of hydrogen-bond donors (Lipinski definition) is 0. The third-order valence-electron chi connectivity index (χ3n) is 7.71. The van der Waals surface area contributed by atoms with E-state index in [2.05, 4.69) is 107 Å². The Morgan fingerprint density at radius 1 is 0.737 bits per heavy atom. The lowest BCUT2D eigenvalue weighted by atomic mass is 9.79. The number of unbranched alkanes of at least 4 members (excludes halogenated alkanes) is 1. The monoisotopic (exact) mass is 540 g/mol. The predicted octanol–water partition coefficient (Wildman–Crippen LogP) is 11.4. The van der Waals surface area contributed by atoms with Crippen molar-refractivity contribution in [3.05, 3.63) is 46.5 Å². The maximum Gasteiger partial charge on any atom is 0.387 e. The highest BCUT2D eigenvalue weighted by molar-refractivity contribution is 7.31. The molecule has 1 aromatic heterocycles. The summed E-state index contributed by atoms with van der Waals surface area (Å²) in [5, 5.41) is 2.26. The highest BCUT2D eigenvalue weighted by Crippen LogP contribution is 2.44. The molecule has 2 aromatic carbocycles. The lowest BCUT2D eigenvalue weighted by molar-refractivity contribution is 0.276. The fraction of sp³-hybridized carbons (Fsp3) is 0.647. The van der Waals surface area contributed by atoms with Crippen LogP contribution in [0.15, 0.2) is 32.7 Å². The van der Waals surface area contributed by atoms with Crippen molar-refractivity contribution in [3.8, 4) is 0 Å². The Labute approximate surface area is 233 Å². The Balaban J connectivity index is 2.49. The van der Waals surface area contributed by atoms with Gasteiger partial charge in [-0.3, -0.25) is 4.52 Å². The Bertz CT molecular complexity index is 1280. The van der Waals surface area contributed by atoms with Gasteiger partial charge in [0.15, 0.2) is 0 Å². The number of hydrogen-bond acceptors (Lipinski definition) is 3. The molecule has 0 N–H and O–H groups in total. The van der Waals surface area contributed by atoms with Crippen molar-refractivity contribution >= 4 is 30.2 Å². The van der Waals surface area contributed by atoms with Crippen molar-refractivity contribution in [2.75, 3.05) is 6.61 Å². The van der Waals surface area contributed by atoms with Gasteiger partial charge in [0.1, 0.15) is 11.2 Å². The Kier molecular flexibility index (Phi) is 9.58. The van der Waals surface area contributed by atoms with Gasteiger partial charge in [0.2, 0.25) is 0 Å². The van der Waals surface area contributed by atoms with E-state index < -0.39 is 8.24 Å². The van der Waals surface area contributed by atoms with Crippen molar-refractivity contribution in [1.82, 2.24) is 0 Å². The molecule has 0 aliphatic carbocycles. The van der Waals surface area contributed by atoms with Crippen LogP contribution in [-0.2, 0) is 22.7 Å². The van der Waals surface area contributed by atoms with Crippen LogP contribution < -0.4 is 4.52 Å². The summed E-state index contributed by atoms with van der Waals surface area (Å²) in [7, 11) is -1.60. The van der Waals surface area contributed by atoms with E-state index in [1.807, 2.05) is 0 Å². The second kappa shape index (κ2) is 11.8. The number of rotatable bonds is 8. The van der Waals surface area contributed by atoms with Crippen molar-refractivity contribution in [2.24, 2.45) is 5.92 Å². The molecule has 0 bridgehead atoms. The van der Waals surface area contributed by atoms with Crippen molar-refractivity contribution < 1.29 is 12.9 Å². The molecule has 0 radical (unpaired) electrons. The molecule has 2 atom stereocenters. The molecule has 0 spiro atoms. The third-order valence-corrected chi connectivity index (χ3v) is 8.73. The zero-order valence-corrected chi connectivity index (χ0v) is 27.2. The molecule has 0 aliphatic heterocycles. The predicted molar refractivity (Wildman–Crippen MR) is 167 cm³/mol. The van der Waals surface area contributed by atoms with E-state index in [0.29, 0.717) is 12.5 Å². The molecular weight excluding hydrogens is 487 g/mol. The van der Waals surface area contributed by atoms with Crippen LogP contribution in [-0.4, -0.2) is 6.61 Å². The summed E-state index contributed by atoms with van der Waals surface area (Å²) in [4.78, 5) is 0. The maximum absolute atomic E-state index is 6.83. The molecule has 3 nitrogen and oxygen atoms in total. The quantitative estimate of drug-likeness (QED) is 0.285. The van der Waals surface area contributed by atoms with E-state index >= 15 is 0 Å². The summed E-state index contributed by atoms with van der Waals surface area (Å²) in [6.07, 6.45) is 5.69. The first-order chi connectivity index (χ1) is 17.6. The van der Waals surface area contributed by atoms with Crippen LogP contribution in [0.5, 0.6) is 0 Å². The van der Waals surface area contributed by atoms with E-state index in [4.69, 9.17) is 12.9 Å². The second-order valence-electron chi connectivity index (χ2n) is 14.1. The molecule has 0 saturated heterocycles. The van der Waals surface area contributed by atoms with Crippen LogP contribution in [0.4, 0.5) is 0 Å². The molecule has 4 heteroatoms. The Morgan fingerprint density at radius 3 is 1.76 bits per heavy atom. The highest BCUT2D eigenvalue weighted by Gasteiger charge is 2.27. The Hall–Kier alpha value is -1.70. The van der Waals surface area contributed by atoms with E-state index in [1.165, 1.54) is 41.5 Å². The summed E-state index contributed by atoms with van der Waals surface area (Å²) >= 11 is 0. The van der Waals surface area contributed by atoms with Crippen molar-refractivity contribution in [3.63, 3.8) is 0 Å². The molecule has 212 valence electrons. The fourth-order valence-electron chi connectivity index (χ4n) is 4.95. The minimum atomic E-state index is -1.60.